The molecule has 0 bridgehead atoms. The first-order valence-electron chi connectivity index (χ1n) is 8.43. The molecule has 0 spiro atoms. The monoisotopic (exact) mass is 384 g/mol. The lowest BCUT2D eigenvalue weighted by atomic mass is 9.97. The van der Waals surface area contributed by atoms with Crippen LogP contribution in [0.15, 0.2) is 28.8 Å². The quantitative estimate of drug-likeness (QED) is 0.854. The van der Waals surface area contributed by atoms with Crippen LogP contribution in [0, 0.1) is 5.92 Å². The minimum absolute atomic E-state index is 0.226. The van der Waals surface area contributed by atoms with Gasteiger partial charge in [-0.15, -0.1) is 0 Å². The third-order valence-electron chi connectivity index (χ3n) is 4.27. The van der Waals surface area contributed by atoms with Crippen LogP contribution in [0.2, 0.25) is 0 Å². The molecule has 1 unspecified atom stereocenters. The van der Waals surface area contributed by atoms with Crippen molar-refractivity contribution in [1.29, 1.82) is 0 Å². The second-order valence-electron chi connectivity index (χ2n) is 6.25. The van der Waals surface area contributed by atoms with Crippen molar-refractivity contribution in [3.05, 3.63) is 24.3 Å². The number of hydrogen-bond donors (Lipinski definition) is 1. The van der Waals surface area contributed by atoms with Gasteiger partial charge in [-0.3, -0.25) is 4.79 Å². The summed E-state index contributed by atoms with van der Waals surface area (Å²) in [6.45, 7) is -0.519. The zero-order valence-corrected chi connectivity index (χ0v) is 14.6. The minimum atomic E-state index is -4.43. The predicted octanol–water partition coefficient (Wildman–Crippen LogP) is 2.64. The molecule has 7 nitrogen and oxygen atoms in total. The van der Waals surface area contributed by atoms with Gasteiger partial charge in [0, 0.05) is 18.7 Å². The van der Waals surface area contributed by atoms with Crippen molar-refractivity contribution in [1.82, 2.24) is 15.5 Å². The van der Waals surface area contributed by atoms with E-state index in [0.717, 1.165) is 0 Å². The lowest BCUT2D eigenvalue weighted by Crippen LogP contribution is -2.45. The smallest absolute Gasteiger partial charge is 0.405 e. The van der Waals surface area contributed by atoms with Crippen LogP contribution in [-0.4, -0.2) is 49.0 Å². The molecule has 0 aliphatic carbocycles. The number of halogens is 3. The van der Waals surface area contributed by atoms with E-state index >= 15 is 0 Å². The van der Waals surface area contributed by atoms with Crippen LogP contribution in [0.4, 0.5) is 19.2 Å². The molecule has 2 heterocycles. The van der Waals surface area contributed by atoms with Crippen molar-refractivity contribution in [2.45, 2.75) is 19.0 Å². The topological polar surface area (TPSA) is 80.5 Å². The molecule has 1 amide bonds. The third kappa shape index (κ3) is 4.89. The summed E-state index contributed by atoms with van der Waals surface area (Å²) < 4.78 is 47.3. The number of nitrogens with one attached hydrogen (secondary N) is 1. The van der Waals surface area contributed by atoms with E-state index in [1.165, 1.54) is 0 Å². The first-order chi connectivity index (χ1) is 12.9. The Kier molecular flexibility index (Phi) is 5.52. The Morgan fingerprint density at radius 2 is 2.26 bits per heavy atom. The number of methoxy groups -OCH3 is 1. The van der Waals surface area contributed by atoms with Crippen LogP contribution in [0.5, 0.6) is 5.75 Å². The van der Waals surface area contributed by atoms with Crippen molar-refractivity contribution in [3.63, 3.8) is 0 Å². The van der Waals surface area contributed by atoms with Gasteiger partial charge in [0.25, 0.3) is 0 Å². The molecule has 0 radical (unpaired) electrons. The first kappa shape index (κ1) is 19.0. The average molecular weight is 384 g/mol. The van der Waals surface area contributed by atoms with Crippen LogP contribution in [0.25, 0.3) is 11.4 Å². The molecule has 3 rings (SSSR count). The molecule has 10 heteroatoms. The van der Waals surface area contributed by atoms with Crippen molar-refractivity contribution in [3.8, 4) is 17.1 Å². The molecule has 1 aliphatic heterocycles. The molecular weight excluding hydrogens is 365 g/mol. The number of nitrogens with zero attached hydrogens (tertiary/aromatic N) is 3. The van der Waals surface area contributed by atoms with E-state index in [1.54, 1.807) is 36.3 Å². The van der Waals surface area contributed by atoms with Crippen molar-refractivity contribution < 1.29 is 27.2 Å². The van der Waals surface area contributed by atoms with E-state index in [9.17, 15) is 18.0 Å². The summed E-state index contributed by atoms with van der Waals surface area (Å²) in [5, 5.41) is 5.88. The van der Waals surface area contributed by atoms with E-state index in [4.69, 9.17) is 9.26 Å². The molecule has 1 N–H and O–H groups in total. The number of piperidine rings is 1. The van der Waals surface area contributed by atoms with E-state index in [1.807, 2.05) is 5.32 Å². The maximum absolute atomic E-state index is 12.3. The van der Waals surface area contributed by atoms with Gasteiger partial charge in [0.05, 0.1) is 13.0 Å². The van der Waals surface area contributed by atoms with Crippen LogP contribution >= 0.6 is 0 Å². The largest absolute Gasteiger partial charge is 0.497 e. The van der Waals surface area contributed by atoms with Gasteiger partial charge in [-0.2, -0.15) is 18.2 Å². The molecule has 1 aliphatic rings. The van der Waals surface area contributed by atoms with Gasteiger partial charge < -0.3 is 19.5 Å². The molecule has 27 heavy (non-hydrogen) atoms. The molecule has 1 saturated heterocycles. The highest BCUT2D eigenvalue weighted by atomic mass is 19.4. The van der Waals surface area contributed by atoms with E-state index in [-0.39, 0.29) is 12.6 Å². The molecule has 2 aromatic rings. The Labute approximate surface area is 153 Å². The van der Waals surface area contributed by atoms with Crippen molar-refractivity contribution in [2.75, 3.05) is 31.6 Å². The Hall–Kier alpha value is -2.78. The van der Waals surface area contributed by atoms with E-state index in [2.05, 4.69) is 10.1 Å². The molecule has 146 valence electrons. The first-order valence-corrected chi connectivity index (χ1v) is 8.43. The number of hydrogen-bond acceptors (Lipinski definition) is 6. The zero-order chi connectivity index (χ0) is 19.4. The van der Waals surface area contributed by atoms with Gasteiger partial charge in [0.1, 0.15) is 12.3 Å². The maximum atomic E-state index is 12.3. The van der Waals surface area contributed by atoms with Crippen LogP contribution in [0.1, 0.15) is 12.8 Å². The molecule has 1 aromatic carbocycles. The van der Waals surface area contributed by atoms with Gasteiger partial charge >= 0.3 is 12.2 Å². The molecule has 1 aromatic heterocycles. The lowest BCUT2D eigenvalue weighted by molar-refractivity contribution is -0.140. The van der Waals surface area contributed by atoms with E-state index < -0.39 is 24.5 Å². The van der Waals surface area contributed by atoms with Gasteiger partial charge in [-0.1, -0.05) is 17.3 Å². The highest BCUT2D eigenvalue weighted by Crippen LogP contribution is 2.26. The fourth-order valence-corrected chi connectivity index (χ4v) is 2.92. The predicted molar refractivity (Wildman–Crippen MR) is 90.3 cm³/mol. The summed E-state index contributed by atoms with van der Waals surface area (Å²) >= 11 is 0. The van der Waals surface area contributed by atoms with Crippen LogP contribution in [0.3, 0.4) is 0 Å². The Morgan fingerprint density at radius 1 is 1.44 bits per heavy atom. The number of ether oxygens (including phenoxy) is 1. The molecule has 0 saturated carbocycles. The van der Waals surface area contributed by atoms with Crippen molar-refractivity contribution in [2.24, 2.45) is 5.92 Å². The standard InChI is InChI=1S/C17H19F3N4O3/c1-26-13-6-2-4-11(8-13)14-22-16(27-23-14)24-7-3-5-12(9-24)15(25)21-10-17(18,19)20/h2,4,6,8,12H,3,5,7,9-10H2,1H3,(H,21,25). The number of aromatic nitrogens is 2. The summed E-state index contributed by atoms with van der Waals surface area (Å²) in [5.74, 6) is -0.163. The highest BCUT2D eigenvalue weighted by molar-refractivity contribution is 5.79. The Morgan fingerprint density at radius 3 is 3.00 bits per heavy atom. The maximum Gasteiger partial charge on any atom is 0.405 e. The number of benzene rings is 1. The number of anilines is 1. The highest BCUT2D eigenvalue weighted by Gasteiger charge is 2.32. The summed E-state index contributed by atoms with van der Waals surface area (Å²) in [6.07, 6.45) is -3.28. The Balaban J connectivity index is 1.66. The number of carbonyl (C=O) groups excluding carboxylic acids is 1. The normalized spacial score (nSPS) is 17.6. The minimum Gasteiger partial charge on any atom is -0.497 e. The number of alkyl halides is 3. The molecule has 1 fully saturated rings. The van der Waals surface area contributed by atoms with Gasteiger partial charge in [-0.25, -0.2) is 0 Å². The van der Waals surface area contributed by atoms with Crippen molar-refractivity contribution >= 4 is 11.9 Å². The SMILES string of the molecule is COc1cccc(-c2noc(N3CCCC(C(=O)NCC(F)(F)F)C3)n2)c1. The average Bonchev–Trinajstić information content (AvgIpc) is 3.16. The number of carbonyl (C=O) groups is 1. The summed E-state index contributed by atoms with van der Waals surface area (Å²) in [7, 11) is 1.55. The Bertz CT molecular complexity index is 794. The molecule has 1 atom stereocenters. The summed E-state index contributed by atoms with van der Waals surface area (Å²) in [4.78, 5) is 18.1. The number of amides is 1. The lowest BCUT2D eigenvalue weighted by Gasteiger charge is -2.30. The third-order valence-corrected chi connectivity index (χ3v) is 4.27. The van der Waals surface area contributed by atoms with E-state index in [0.29, 0.717) is 36.5 Å². The van der Waals surface area contributed by atoms with Gasteiger partial charge in [0.2, 0.25) is 11.7 Å². The summed E-state index contributed by atoms with van der Waals surface area (Å²) in [6, 6.07) is 7.39. The molecular formula is C17H19F3N4O3. The van der Waals surface area contributed by atoms with Crippen LogP contribution in [-0.2, 0) is 4.79 Å². The fourth-order valence-electron chi connectivity index (χ4n) is 2.92. The number of rotatable bonds is 5. The van der Waals surface area contributed by atoms with Gasteiger partial charge in [0.15, 0.2) is 0 Å². The second kappa shape index (κ2) is 7.85. The fraction of sp³-hybridized carbons (Fsp3) is 0.471. The zero-order valence-electron chi connectivity index (χ0n) is 14.6. The van der Waals surface area contributed by atoms with Crippen LogP contribution < -0.4 is 15.0 Å². The second-order valence-corrected chi connectivity index (χ2v) is 6.25. The van der Waals surface area contributed by atoms with Gasteiger partial charge in [-0.05, 0) is 25.0 Å². The summed E-state index contributed by atoms with van der Waals surface area (Å²) in [5.41, 5.74) is 0.709.